The standard InChI is InChI=1S/C18H18Cl2N2O2/c1-11(2)10-21-17(23)12-3-5-13(6-4-12)18(24)22-16-9-14(19)7-8-15(16)20/h3-9,11H,10H2,1-2H3,(H,21,23)(H,22,24). The van der Waals surface area contributed by atoms with Crippen molar-refractivity contribution < 1.29 is 9.59 Å². The minimum absolute atomic E-state index is 0.159. The summed E-state index contributed by atoms with van der Waals surface area (Å²) in [5.41, 5.74) is 1.37. The summed E-state index contributed by atoms with van der Waals surface area (Å²) < 4.78 is 0. The second kappa shape index (κ2) is 8.18. The summed E-state index contributed by atoms with van der Waals surface area (Å²) in [6, 6.07) is 11.3. The predicted molar refractivity (Wildman–Crippen MR) is 98.0 cm³/mol. The van der Waals surface area contributed by atoms with Crippen LogP contribution in [0.1, 0.15) is 34.6 Å². The quantitative estimate of drug-likeness (QED) is 0.812. The van der Waals surface area contributed by atoms with Gasteiger partial charge in [-0.3, -0.25) is 9.59 Å². The Morgan fingerprint density at radius 2 is 1.54 bits per heavy atom. The molecule has 0 aliphatic heterocycles. The molecular formula is C18H18Cl2N2O2. The minimum atomic E-state index is -0.326. The second-order valence-corrected chi connectivity index (χ2v) is 6.60. The molecule has 0 saturated carbocycles. The zero-order chi connectivity index (χ0) is 17.7. The maximum absolute atomic E-state index is 12.3. The number of carbonyl (C=O) groups excluding carboxylic acids is 2. The molecule has 24 heavy (non-hydrogen) atoms. The molecule has 0 bridgehead atoms. The Morgan fingerprint density at radius 3 is 2.12 bits per heavy atom. The van der Waals surface area contributed by atoms with Crippen molar-refractivity contribution in [3.63, 3.8) is 0 Å². The van der Waals surface area contributed by atoms with Gasteiger partial charge in [-0.2, -0.15) is 0 Å². The Bertz CT molecular complexity index is 743. The number of anilines is 1. The van der Waals surface area contributed by atoms with Crippen LogP contribution in [0.3, 0.4) is 0 Å². The SMILES string of the molecule is CC(C)CNC(=O)c1ccc(C(=O)Nc2cc(Cl)ccc2Cl)cc1. The number of rotatable bonds is 5. The summed E-state index contributed by atoms with van der Waals surface area (Å²) >= 11 is 11.9. The van der Waals surface area contributed by atoms with E-state index in [-0.39, 0.29) is 11.8 Å². The van der Waals surface area contributed by atoms with Crippen molar-refractivity contribution in [3.8, 4) is 0 Å². The van der Waals surface area contributed by atoms with Crippen molar-refractivity contribution in [2.75, 3.05) is 11.9 Å². The molecule has 0 aliphatic carbocycles. The molecule has 2 aromatic carbocycles. The summed E-state index contributed by atoms with van der Waals surface area (Å²) in [5, 5.41) is 6.41. The molecule has 0 heterocycles. The van der Waals surface area contributed by atoms with E-state index in [2.05, 4.69) is 10.6 Å². The van der Waals surface area contributed by atoms with Gasteiger partial charge in [-0.1, -0.05) is 37.0 Å². The van der Waals surface area contributed by atoms with Crippen LogP contribution in [0.5, 0.6) is 0 Å². The fourth-order valence-corrected chi connectivity index (χ4v) is 2.30. The summed E-state index contributed by atoms with van der Waals surface area (Å²) in [4.78, 5) is 24.2. The van der Waals surface area contributed by atoms with Crippen molar-refractivity contribution >= 4 is 40.7 Å². The van der Waals surface area contributed by atoms with Gasteiger partial charge in [0.15, 0.2) is 0 Å². The second-order valence-electron chi connectivity index (χ2n) is 5.76. The number of benzene rings is 2. The predicted octanol–water partition coefficient (Wildman–Crippen LogP) is 4.63. The van der Waals surface area contributed by atoms with Crippen LogP contribution in [0.2, 0.25) is 10.0 Å². The van der Waals surface area contributed by atoms with E-state index in [0.29, 0.717) is 39.3 Å². The first-order chi connectivity index (χ1) is 11.4. The summed E-state index contributed by atoms with van der Waals surface area (Å²) in [6.45, 7) is 4.65. The summed E-state index contributed by atoms with van der Waals surface area (Å²) in [5.74, 6) is -0.108. The van der Waals surface area contributed by atoms with Crippen LogP contribution in [0.4, 0.5) is 5.69 Å². The lowest BCUT2D eigenvalue weighted by Crippen LogP contribution is -2.27. The van der Waals surface area contributed by atoms with E-state index >= 15 is 0 Å². The first kappa shape index (κ1) is 18.3. The van der Waals surface area contributed by atoms with Crippen LogP contribution in [-0.4, -0.2) is 18.4 Å². The lowest BCUT2D eigenvalue weighted by Gasteiger charge is -2.09. The Balaban J connectivity index is 2.06. The van der Waals surface area contributed by atoms with Gasteiger partial charge < -0.3 is 10.6 Å². The third-order valence-corrected chi connectivity index (χ3v) is 3.82. The monoisotopic (exact) mass is 364 g/mol. The van der Waals surface area contributed by atoms with E-state index in [9.17, 15) is 9.59 Å². The fourth-order valence-electron chi connectivity index (χ4n) is 1.96. The van der Waals surface area contributed by atoms with Crippen LogP contribution >= 0.6 is 23.2 Å². The van der Waals surface area contributed by atoms with Crippen molar-refractivity contribution in [1.82, 2.24) is 5.32 Å². The Kier molecular flexibility index (Phi) is 6.23. The molecule has 0 spiro atoms. The van der Waals surface area contributed by atoms with Gasteiger partial charge in [0.25, 0.3) is 11.8 Å². The van der Waals surface area contributed by atoms with Crippen LogP contribution in [-0.2, 0) is 0 Å². The molecule has 0 aliphatic rings. The van der Waals surface area contributed by atoms with Crippen LogP contribution in [0.15, 0.2) is 42.5 Å². The van der Waals surface area contributed by atoms with Crippen LogP contribution < -0.4 is 10.6 Å². The Morgan fingerprint density at radius 1 is 0.958 bits per heavy atom. The van der Waals surface area contributed by atoms with E-state index in [1.807, 2.05) is 13.8 Å². The maximum Gasteiger partial charge on any atom is 0.255 e. The smallest absolute Gasteiger partial charge is 0.255 e. The average Bonchev–Trinajstić information content (AvgIpc) is 2.56. The molecule has 6 heteroatoms. The molecule has 0 radical (unpaired) electrons. The van der Waals surface area contributed by atoms with Crippen molar-refractivity contribution in [2.24, 2.45) is 5.92 Å². The minimum Gasteiger partial charge on any atom is -0.352 e. The Hall–Kier alpha value is -2.04. The van der Waals surface area contributed by atoms with Gasteiger partial charge in [-0.15, -0.1) is 0 Å². The molecular weight excluding hydrogens is 347 g/mol. The Labute approximate surface area is 151 Å². The third kappa shape index (κ3) is 4.98. The van der Waals surface area contributed by atoms with Crippen molar-refractivity contribution in [1.29, 1.82) is 0 Å². The maximum atomic E-state index is 12.3. The molecule has 0 atom stereocenters. The van der Waals surface area contributed by atoms with E-state index < -0.39 is 0 Å². The van der Waals surface area contributed by atoms with Crippen LogP contribution in [0, 0.1) is 5.92 Å². The largest absolute Gasteiger partial charge is 0.352 e. The third-order valence-electron chi connectivity index (χ3n) is 3.26. The zero-order valence-corrected chi connectivity index (χ0v) is 14.9. The first-order valence-electron chi connectivity index (χ1n) is 7.51. The molecule has 0 fully saturated rings. The average molecular weight is 365 g/mol. The van der Waals surface area contributed by atoms with E-state index in [1.54, 1.807) is 42.5 Å². The highest BCUT2D eigenvalue weighted by atomic mass is 35.5. The number of hydrogen-bond acceptors (Lipinski definition) is 2. The molecule has 4 nitrogen and oxygen atoms in total. The number of nitrogens with one attached hydrogen (secondary N) is 2. The van der Waals surface area contributed by atoms with Gasteiger partial charge in [0.1, 0.15) is 0 Å². The van der Waals surface area contributed by atoms with Crippen molar-refractivity contribution in [2.45, 2.75) is 13.8 Å². The molecule has 0 unspecified atom stereocenters. The zero-order valence-electron chi connectivity index (χ0n) is 13.4. The number of amides is 2. The van der Waals surface area contributed by atoms with Gasteiger partial charge in [-0.05, 0) is 48.4 Å². The molecule has 0 saturated heterocycles. The van der Waals surface area contributed by atoms with Crippen molar-refractivity contribution in [3.05, 3.63) is 63.6 Å². The number of carbonyl (C=O) groups is 2. The molecule has 0 aromatic heterocycles. The topological polar surface area (TPSA) is 58.2 Å². The normalized spacial score (nSPS) is 10.5. The lowest BCUT2D eigenvalue weighted by atomic mass is 10.1. The van der Waals surface area contributed by atoms with Gasteiger partial charge in [0.2, 0.25) is 0 Å². The van der Waals surface area contributed by atoms with E-state index in [0.717, 1.165) is 0 Å². The molecule has 2 amide bonds. The summed E-state index contributed by atoms with van der Waals surface area (Å²) in [7, 11) is 0. The van der Waals surface area contributed by atoms with Gasteiger partial charge in [0.05, 0.1) is 10.7 Å². The van der Waals surface area contributed by atoms with E-state index in [4.69, 9.17) is 23.2 Å². The van der Waals surface area contributed by atoms with Crippen LogP contribution in [0.25, 0.3) is 0 Å². The number of halogens is 2. The fraction of sp³-hybridized carbons (Fsp3) is 0.222. The molecule has 126 valence electrons. The first-order valence-corrected chi connectivity index (χ1v) is 8.27. The van der Waals surface area contributed by atoms with E-state index in [1.165, 1.54) is 0 Å². The molecule has 2 aromatic rings. The molecule has 2 rings (SSSR count). The van der Waals surface area contributed by atoms with Gasteiger partial charge >= 0.3 is 0 Å². The van der Waals surface area contributed by atoms with Gasteiger partial charge in [-0.25, -0.2) is 0 Å². The highest BCUT2D eigenvalue weighted by Crippen LogP contribution is 2.25. The molecule has 2 N–H and O–H groups in total. The highest BCUT2D eigenvalue weighted by molar-refractivity contribution is 6.35. The highest BCUT2D eigenvalue weighted by Gasteiger charge is 2.11. The number of hydrogen-bond donors (Lipinski definition) is 2. The van der Waals surface area contributed by atoms with Gasteiger partial charge in [0, 0.05) is 22.7 Å². The summed E-state index contributed by atoms with van der Waals surface area (Å²) in [6.07, 6.45) is 0. The lowest BCUT2D eigenvalue weighted by molar-refractivity contribution is 0.0947.